The van der Waals surface area contributed by atoms with Crippen LogP contribution in [0.1, 0.15) is 13.8 Å². The van der Waals surface area contributed by atoms with Crippen LogP contribution in [0.4, 0.5) is 0 Å². The molecule has 68 valence electrons. The first kappa shape index (κ1) is 10.7. The largest absolute Gasteiger partial charge is 0.478 e. The van der Waals surface area contributed by atoms with Crippen LogP contribution >= 0.6 is 0 Å². The summed E-state index contributed by atoms with van der Waals surface area (Å²) >= 11 is 0. The number of carbonyl (C=O) groups is 2. The van der Waals surface area contributed by atoms with Gasteiger partial charge in [-0.05, 0) is 5.92 Å². The van der Waals surface area contributed by atoms with Crippen molar-refractivity contribution >= 4 is 11.9 Å². The number of rotatable bonds is 4. The first-order chi connectivity index (χ1) is 5.52. The third kappa shape index (κ3) is 6.80. The summed E-state index contributed by atoms with van der Waals surface area (Å²) in [6, 6.07) is 0. The lowest BCUT2D eigenvalue weighted by molar-refractivity contribution is -0.139. The molecule has 0 saturated carbocycles. The van der Waals surface area contributed by atoms with E-state index in [0.717, 1.165) is 12.2 Å². The Hall–Kier alpha value is -1.32. The maximum absolute atomic E-state index is 10.7. The lowest BCUT2D eigenvalue weighted by Gasteiger charge is -2.03. The normalized spacial score (nSPS) is 10.6. The molecule has 0 bridgehead atoms. The number of ether oxygens (including phenoxy) is 1. The highest BCUT2D eigenvalue weighted by Gasteiger charge is 1.99. The summed E-state index contributed by atoms with van der Waals surface area (Å²) < 4.78 is 4.66. The van der Waals surface area contributed by atoms with Crippen LogP contribution in [0.15, 0.2) is 12.2 Å². The molecule has 0 aromatic carbocycles. The highest BCUT2D eigenvalue weighted by atomic mass is 16.5. The quantitative estimate of drug-likeness (QED) is 0.503. The summed E-state index contributed by atoms with van der Waals surface area (Å²) in [5.74, 6) is -1.52. The Bertz CT molecular complexity index is 193. The van der Waals surface area contributed by atoms with Crippen molar-refractivity contribution in [1.29, 1.82) is 0 Å². The Labute approximate surface area is 70.8 Å². The average Bonchev–Trinajstić information content (AvgIpc) is 1.96. The molecule has 0 saturated heterocycles. The zero-order chi connectivity index (χ0) is 9.56. The molecule has 0 amide bonds. The van der Waals surface area contributed by atoms with E-state index in [2.05, 4.69) is 4.74 Å². The summed E-state index contributed by atoms with van der Waals surface area (Å²) in [7, 11) is 0. The molecule has 0 spiro atoms. The predicted octanol–water partition coefficient (Wildman–Crippen LogP) is 0.826. The fourth-order valence-electron chi connectivity index (χ4n) is 0.436. The number of hydrogen-bond donors (Lipinski definition) is 1. The molecule has 12 heavy (non-hydrogen) atoms. The first-order valence-corrected chi connectivity index (χ1v) is 3.60. The fourth-order valence-corrected chi connectivity index (χ4v) is 0.436. The van der Waals surface area contributed by atoms with Crippen molar-refractivity contribution in [2.75, 3.05) is 6.61 Å². The van der Waals surface area contributed by atoms with Gasteiger partial charge in [0.05, 0.1) is 6.61 Å². The Balaban J connectivity index is 3.67. The molecule has 0 aromatic rings. The van der Waals surface area contributed by atoms with Crippen molar-refractivity contribution < 1.29 is 19.4 Å². The molecule has 0 fully saturated rings. The minimum absolute atomic E-state index is 0.257. The summed E-state index contributed by atoms with van der Waals surface area (Å²) in [6.07, 6.45) is 1.65. The van der Waals surface area contributed by atoms with Crippen LogP contribution < -0.4 is 0 Å². The SMILES string of the molecule is CC(C)COC(=O)/C=C\C(=O)O. The average molecular weight is 172 g/mol. The van der Waals surface area contributed by atoms with E-state index in [4.69, 9.17) is 5.11 Å². The van der Waals surface area contributed by atoms with Crippen LogP contribution in [-0.4, -0.2) is 23.7 Å². The second kappa shape index (κ2) is 5.35. The highest BCUT2D eigenvalue weighted by molar-refractivity contribution is 5.90. The summed E-state index contributed by atoms with van der Waals surface area (Å²) in [6.45, 7) is 4.10. The molecule has 0 aliphatic rings. The number of carbonyl (C=O) groups excluding carboxylic acids is 1. The van der Waals surface area contributed by atoms with E-state index < -0.39 is 11.9 Å². The predicted molar refractivity (Wildman–Crippen MR) is 42.6 cm³/mol. The summed E-state index contributed by atoms with van der Waals surface area (Å²) in [4.78, 5) is 20.6. The number of carboxylic acid groups (broad SMARTS) is 1. The Morgan fingerprint density at radius 3 is 2.42 bits per heavy atom. The van der Waals surface area contributed by atoms with E-state index in [9.17, 15) is 9.59 Å². The molecular formula is C8H12O4. The molecule has 0 heterocycles. The smallest absolute Gasteiger partial charge is 0.331 e. The monoisotopic (exact) mass is 172 g/mol. The van der Waals surface area contributed by atoms with E-state index in [0.29, 0.717) is 6.61 Å². The zero-order valence-electron chi connectivity index (χ0n) is 7.11. The summed E-state index contributed by atoms with van der Waals surface area (Å²) in [5.41, 5.74) is 0. The molecule has 0 unspecified atom stereocenters. The molecule has 0 aromatic heterocycles. The van der Waals surface area contributed by atoms with Crippen molar-refractivity contribution in [1.82, 2.24) is 0 Å². The number of esters is 1. The lowest BCUT2D eigenvalue weighted by Crippen LogP contribution is -2.07. The van der Waals surface area contributed by atoms with Crippen molar-refractivity contribution in [2.24, 2.45) is 5.92 Å². The molecule has 0 aliphatic heterocycles. The Morgan fingerprint density at radius 2 is 2.00 bits per heavy atom. The van der Waals surface area contributed by atoms with E-state index in [1.165, 1.54) is 0 Å². The van der Waals surface area contributed by atoms with Gasteiger partial charge in [-0.3, -0.25) is 0 Å². The van der Waals surface area contributed by atoms with Gasteiger partial charge in [0.15, 0.2) is 0 Å². The minimum Gasteiger partial charge on any atom is -0.478 e. The van der Waals surface area contributed by atoms with Gasteiger partial charge in [0.25, 0.3) is 0 Å². The van der Waals surface area contributed by atoms with Gasteiger partial charge in [-0.1, -0.05) is 13.8 Å². The molecule has 0 radical (unpaired) electrons. The van der Waals surface area contributed by atoms with E-state index in [-0.39, 0.29) is 5.92 Å². The van der Waals surface area contributed by atoms with Gasteiger partial charge in [0, 0.05) is 12.2 Å². The molecule has 4 heteroatoms. The van der Waals surface area contributed by atoms with Crippen molar-refractivity contribution in [3.63, 3.8) is 0 Å². The van der Waals surface area contributed by atoms with E-state index >= 15 is 0 Å². The standard InChI is InChI=1S/C8H12O4/c1-6(2)5-12-8(11)4-3-7(9)10/h3-4,6H,5H2,1-2H3,(H,9,10)/b4-3-. The molecule has 0 atom stereocenters. The van der Waals surface area contributed by atoms with Crippen LogP contribution in [0.3, 0.4) is 0 Å². The second-order valence-electron chi connectivity index (χ2n) is 2.70. The zero-order valence-corrected chi connectivity index (χ0v) is 7.11. The summed E-state index contributed by atoms with van der Waals surface area (Å²) in [5, 5.41) is 8.15. The maximum atomic E-state index is 10.7. The first-order valence-electron chi connectivity index (χ1n) is 3.60. The minimum atomic E-state index is -1.16. The molecule has 1 N–H and O–H groups in total. The number of hydrogen-bond acceptors (Lipinski definition) is 3. The molecule has 0 aliphatic carbocycles. The molecule has 0 rings (SSSR count). The molecular weight excluding hydrogens is 160 g/mol. The molecule has 4 nitrogen and oxygen atoms in total. The number of aliphatic carboxylic acids is 1. The van der Waals surface area contributed by atoms with Gasteiger partial charge in [0.1, 0.15) is 0 Å². The van der Waals surface area contributed by atoms with Gasteiger partial charge in [0.2, 0.25) is 0 Å². The topological polar surface area (TPSA) is 63.6 Å². The Morgan fingerprint density at radius 1 is 1.42 bits per heavy atom. The number of carboxylic acids is 1. The van der Waals surface area contributed by atoms with E-state index in [1.54, 1.807) is 0 Å². The van der Waals surface area contributed by atoms with Crippen molar-refractivity contribution in [3.8, 4) is 0 Å². The fraction of sp³-hybridized carbons (Fsp3) is 0.500. The van der Waals surface area contributed by atoms with Gasteiger partial charge in [-0.15, -0.1) is 0 Å². The van der Waals surface area contributed by atoms with Crippen molar-refractivity contribution in [2.45, 2.75) is 13.8 Å². The van der Waals surface area contributed by atoms with Crippen LogP contribution in [0, 0.1) is 5.92 Å². The third-order valence-corrected chi connectivity index (χ3v) is 0.921. The lowest BCUT2D eigenvalue weighted by atomic mass is 10.2. The van der Waals surface area contributed by atoms with Crippen LogP contribution in [0.5, 0.6) is 0 Å². The highest BCUT2D eigenvalue weighted by Crippen LogP contribution is 1.93. The van der Waals surface area contributed by atoms with Crippen LogP contribution in [-0.2, 0) is 14.3 Å². The van der Waals surface area contributed by atoms with Gasteiger partial charge in [-0.25, -0.2) is 9.59 Å². The third-order valence-electron chi connectivity index (χ3n) is 0.921. The second-order valence-corrected chi connectivity index (χ2v) is 2.70. The van der Waals surface area contributed by atoms with Gasteiger partial charge < -0.3 is 9.84 Å². The van der Waals surface area contributed by atoms with Crippen LogP contribution in [0.2, 0.25) is 0 Å². The van der Waals surface area contributed by atoms with Gasteiger partial charge in [-0.2, -0.15) is 0 Å². The van der Waals surface area contributed by atoms with Crippen molar-refractivity contribution in [3.05, 3.63) is 12.2 Å². The Kier molecular flexibility index (Phi) is 4.76. The van der Waals surface area contributed by atoms with Crippen LogP contribution in [0.25, 0.3) is 0 Å². The van der Waals surface area contributed by atoms with Gasteiger partial charge >= 0.3 is 11.9 Å². The van der Waals surface area contributed by atoms with E-state index in [1.807, 2.05) is 13.8 Å². The maximum Gasteiger partial charge on any atom is 0.331 e.